The van der Waals surface area contributed by atoms with Crippen LogP contribution in [0, 0.1) is 5.82 Å². The summed E-state index contributed by atoms with van der Waals surface area (Å²) in [6, 6.07) is 6.01. The number of esters is 1. The summed E-state index contributed by atoms with van der Waals surface area (Å²) in [7, 11) is 0. The lowest BCUT2D eigenvalue weighted by Crippen LogP contribution is -2.25. The molecule has 0 spiro atoms. The molecule has 0 fully saturated rings. The number of hydrogen-bond acceptors (Lipinski definition) is 3. The predicted octanol–water partition coefficient (Wildman–Crippen LogP) is 1.29. The van der Waals surface area contributed by atoms with E-state index in [0.29, 0.717) is 5.56 Å². The van der Waals surface area contributed by atoms with Crippen LogP contribution in [0.2, 0.25) is 0 Å². The molecule has 0 saturated carbocycles. The van der Waals surface area contributed by atoms with Crippen molar-refractivity contribution in [3.8, 4) is 0 Å². The van der Waals surface area contributed by atoms with Gasteiger partial charge in [-0.15, -0.1) is 0 Å². The van der Waals surface area contributed by atoms with Gasteiger partial charge in [-0.1, -0.05) is 18.2 Å². The van der Waals surface area contributed by atoms with Gasteiger partial charge in [0.2, 0.25) is 0 Å². The van der Waals surface area contributed by atoms with Gasteiger partial charge in [-0.25, -0.2) is 9.18 Å². The van der Waals surface area contributed by atoms with Gasteiger partial charge in [-0.05, 0) is 18.6 Å². The molecule has 1 unspecified atom stereocenters. The maximum absolute atomic E-state index is 13.1. The van der Waals surface area contributed by atoms with Crippen molar-refractivity contribution in [1.82, 2.24) is 0 Å². The van der Waals surface area contributed by atoms with E-state index in [1.807, 2.05) is 0 Å². The molecular weight excluding hydrogens is 199 g/mol. The van der Waals surface area contributed by atoms with Crippen molar-refractivity contribution in [3.05, 3.63) is 35.6 Å². The van der Waals surface area contributed by atoms with Crippen LogP contribution in [-0.2, 0) is 16.0 Å². The Morgan fingerprint density at radius 2 is 2.20 bits per heavy atom. The summed E-state index contributed by atoms with van der Waals surface area (Å²) >= 11 is 0. The van der Waals surface area contributed by atoms with Gasteiger partial charge in [0.15, 0.2) is 6.10 Å². The van der Waals surface area contributed by atoms with Gasteiger partial charge in [0.25, 0.3) is 0 Å². The number of benzene rings is 1. The maximum atomic E-state index is 13.1. The van der Waals surface area contributed by atoms with E-state index in [-0.39, 0.29) is 13.0 Å². The lowest BCUT2D eigenvalue weighted by molar-refractivity contribution is -0.152. The fourth-order valence-corrected chi connectivity index (χ4v) is 1.19. The van der Waals surface area contributed by atoms with Gasteiger partial charge in [-0.2, -0.15) is 0 Å². The van der Waals surface area contributed by atoms with Crippen LogP contribution in [0.4, 0.5) is 4.39 Å². The second-order valence-electron chi connectivity index (χ2n) is 3.06. The summed E-state index contributed by atoms with van der Waals surface area (Å²) in [6.07, 6.45) is -1.37. The summed E-state index contributed by atoms with van der Waals surface area (Å²) in [4.78, 5) is 11.1. The number of rotatable bonds is 4. The summed E-state index contributed by atoms with van der Waals surface area (Å²) < 4.78 is 17.7. The first kappa shape index (κ1) is 11.7. The molecule has 4 heteroatoms. The number of hydrogen-bond donors (Lipinski definition) is 1. The van der Waals surface area contributed by atoms with Crippen LogP contribution in [0.5, 0.6) is 0 Å². The van der Waals surface area contributed by atoms with Crippen LogP contribution in [0.15, 0.2) is 24.3 Å². The number of halogens is 1. The van der Waals surface area contributed by atoms with Gasteiger partial charge in [0, 0.05) is 6.42 Å². The van der Waals surface area contributed by atoms with Crippen LogP contribution in [-0.4, -0.2) is 23.8 Å². The molecule has 1 rings (SSSR count). The number of carbonyl (C=O) groups is 1. The molecule has 1 N–H and O–H groups in total. The minimum absolute atomic E-state index is 0.0640. The zero-order valence-electron chi connectivity index (χ0n) is 8.44. The normalized spacial score (nSPS) is 12.2. The number of ether oxygens (including phenoxy) is 1. The average Bonchev–Trinajstić information content (AvgIpc) is 2.21. The zero-order chi connectivity index (χ0) is 11.3. The monoisotopic (exact) mass is 212 g/mol. The van der Waals surface area contributed by atoms with E-state index in [0.717, 1.165) is 0 Å². The summed E-state index contributed by atoms with van der Waals surface area (Å²) in [6.45, 7) is 1.85. The highest BCUT2D eigenvalue weighted by atomic mass is 19.1. The molecule has 3 nitrogen and oxygen atoms in total. The van der Waals surface area contributed by atoms with Gasteiger partial charge < -0.3 is 9.84 Å². The summed E-state index contributed by atoms with van der Waals surface area (Å²) in [5.41, 5.74) is 0.304. The fourth-order valence-electron chi connectivity index (χ4n) is 1.19. The lowest BCUT2D eigenvalue weighted by Gasteiger charge is -2.09. The van der Waals surface area contributed by atoms with Crippen molar-refractivity contribution in [3.63, 3.8) is 0 Å². The van der Waals surface area contributed by atoms with Crippen LogP contribution in [0.25, 0.3) is 0 Å². The molecule has 0 aliphatic heterocycles. The van der Waals surface area contributed by atoms with Crippen molar-refractivity contribution in [2.45, 2.75) is 19.4 Å². The molecule has 0 amide bonds. The molecule has 1 aromatic carbocycles. The SMILES string of the molecule is CCOC(=O)C(O)Cc1ccccc1F. The van der Waals surface area contributed by atoms with Crippen LogP contribution in [0.3, 0.4) is 0 Å². The Morgan fingerprint density at radius 3 is 2.80 bits per heavy atom. The highest BCUT2D eigenvalue weighted by Crippen LogP contribution is 2.09. The Bertz CT molecular complexity index is 338. The molecule has 0 aliphatic carbocycles. The molecule has 0 aliphatic rings. The Labute approximate surface area is 87.5 Å². The van der Waals surface area contributed by atoms with Crippen LogP contribution < -0.4 is 0 Å². The standard InChI is InChI=1S/C11H13FO3/c1-2-15-11(14)10(13)7-8-5-3-4-6-9(8)12/h3-6,10,13H,2,7H2,1H3. The summed E-state index contributed by atoms with van der Waals surface area (Å²) in [5, 5.41) is 9.39. The zero-order valence-corrected chi connectivity index (χ0v) is 8.44. The molecule has 0 saturated heterocycles. The molecule has 82 valence electrons. The van der Waals surface area contributed by atoms with Crippen LogP contribution >= 0.6 is 0 Å². The second kappa shape index (κ2) is 5.46. The van der Waals surface area contributed by atoms with Gasteiger partial charge in [-0.3, -0.25) is 0 Å². The van der Waals surface area contributed by atoms with Crippen molar-refractivity contribution >= 4 is 5.97 Å². The van der Waals surface area contributed by atoms with E-state index in [1.54, 1.807) is 19.1 Å². The minimum Gasteiger partial charge on any atom is -0.464 e. The van der Waals surface area contributed by atoms with Crippen molar-refractivity contribution in [1.29, 1.82) is 0 Å². The van der Waals surface area contributed by atoms with Crippen LogP contribution in [0.1, 0.15) is 12.5 Å². The quantitative estimate of drug-likeness (QED) is 0.765. The minimum atomic E-state index is -1.30. The molecular formula is C11H13FO3. The Morgan fingerprint density at radius 1 is 1.53 bits per heavy atom. The van der Waals surface area contributed by atoms with Gasteiger partial charge >= 0.3 is 5.97 Å². The van der Waals surface area contributed by atoms with E-state index < -0.39 is 17.9 Å². The lowest BCUT2D eigenvalue weighted by atomic mass is 10.1. The topological polar surface area (TPSA) is 46.5 Å². The molecule has 0 radical (unpaired) electrons. The molecule has 0 aromatic heterocycles. The van der Waals surface area contributed by atoms with E-state index >= 15 is 0 Å². The largest absolute Gasteiger partial charge is 0.464 e. The Hall–Kier alpha value is -1.42. The fraction of sp³-hybridized carbons (Fsp3) is 0.364. The van der Waals surface area contributed by atoms with Crippen molar-refractivity contribution < 1.29 is 19.0 Å². The molecule has 1 aromatic rings. The molecule has 0 heterocycles. The van der Waals surface area contributed by atoms with E-state index in [2.05, 4.69) is 4.74 Å². The third-order valence-corrected chi connectivity index (χ3v) is 1.93. The van der Waals surface area contributed by atoms with E-state index in [9.17, 15) is 14.3 Å². The highest BCUT2D eigenvalue weighted by Gasteiger charge is 2.17. The average molecular weight is 212 g/mol. The third kappa shape index (κ3) is 3.32. The highest BCUT2D eigenvalue weighted by molar-refractivity contribution is 5.74. The number of aliphatic hydroxyl groups is 1. The van der Waals surface area contributed by atoms with Crippen molar-refractivity contribution in [2.75, 3.05) is 6.61 Å². The first-order valence-corrected chi connectivity index (χ1v) is 4.73. The molecule has 1 atom stereocenters. The first-order chi connectivity index (χ1) is 7.15. The predicted molar refractivity (Wildman–Crippen MR) is 52.7 cm³/mol. The molecule has 15 heavy (non-hydrogen) atoms. The van der Waals surface area contributed by atoms with E-state index in [1.165, 1.54) is 12.1 Å². The van der Waals surface area contributed by atoms with Crippen molar-refractivity contribution in [2.24, 2.45) is 0 Å². The number of aliphatic hydroxyl groups excluding tert-OH is 1. The van der Waals surface area contributed by atoms with Gasteiger partial charge in [0.1, 0.15) is 5.82 Å². The number of carbonyl (C=O) groups excluding carboxylic acids is 1. The third-order valence-electron chi connectivity index (χ3n) is 1.93. The second-order valence-corrected chi connectivity index (χ2v) is 3.06. The Kier molecular flexibility index (Phi) is 4.24. The smallest absolute Gasteiger partial charge is 0.335 e. The van der Waals surface area contributed by atoms with Gasteiger partial charge in [0.05, 0.1) is 6.61 Å². The Balaban J connectivity index is 2.62. The summed E-state index contributed by atoms with van der Waals surface area (Å²) in [5.74, 6) is -1.15. The maximum Gasteiger partial charge on any atom is 0.335 e. The molecule has 0 bridgehead atoms. The first-order valence-electron chi connectivity index (χ1n) is 4.73. The van der Waals surface area contributed by atoms with E-state index in [4.69, 9.17) is 0 Å².